The zero-order valence-corrected chi connectivity index (χ0v) is 9.85. The molecule has 16 heavy (non-hydrogen) atoms. The Labute approximate surface area is 96.3 Å². The van der Waals surface area contributed by atoms with Crippen molar-refractivity contribution in [3.8, 4) is 0 Å². The van der Waals surface area contributed by atoms with Crippen LogP contribution in [0.3, 0.4) is 0 Å². The van der Waals surface area contributed by atoms with Gasteiger partial charge in [-0.1, -0.05) is 0 Å². The summed E-state index contributed by atoms with van der Waals surface area (Å²) in [5, 5.41) is 8.93. The maximum atomic E-state index is 11.6. The lowest BCUT2D eigenvalue weighted by Crippen LogP contribution is -2.41. The van der Waals surface area contributed by atoms with Crippen molar-refractivity contribution in [2.24, 2.45) is 5.92 Å². The quantitative estimate of drug-likeness (QED) is 0.642. The first kappa shape index (κ1) is 13.6. The molecular formula is C11H21NO4. The van der Waals surface area contributed by atoms with Crippen molar-refractivity contribution in [2.75, 3.05) is 53.2 Å². The Morgan fingerprint density at radius 3 is 3.00 bits per heavy atom. The maximum absolute atomic E-state index is 11.6. The first-order valence-electron chi connectivity index (χ1n) is 5.70. The summed E-state index contributed by atoms with van der Waals surface area (Å²) in [6, 6.07) is 0. The number of hydrogen-bond donors (Lipinski definition) is 1. The normalized spacial score (nSPS) is 21.7. The Morgan fingerprint density at radius 2 is 2.38 bits per heavy atom. The molecule has 0 saturated carbocycles. The number of carbonyl (C=O) groups is 1. The van der Waals surface area contributed by atoms with Crippen LogP contribution in [0.2, 0.25) is 0 Å². The number of ketones is 1. The molecule has 1 aliphatic rings. The van der Waals surface area contributed by atoms with Crippen molar-refractivity contribution < 1.29 is 19.4 Å². The molecule has 1 aliphatic heterocycles. The van der Waals surface area contributed by atoms with Gasteiger partial charge in [-0.3, -0.25) is 9.69 Å². The Kier molecular flexibility index (Phi) is 6.56. The van der Waals surface area contributed by atoms with Gasteiger partial charge in [0, 0.05) is 33.2 Å². The molecule has 0 amide bonds. The molecule has 0 radical (unpaired) electrons. The smallest absolute Gasteiger partial charge is 0.141 e. The minimum Gasteiger partial charge on any atom is -0.395 e. The average Bonchev–Trinajstić information content (AvgIpc) is 2.29. The van der Waals surface area contributed by atoms with Gasteiger partial charge in [-0.25, -0.2) is 0 Å². The first-order valence-corrected chi connectivity index (χ1v) is 5.70. The molecule has 1 heterocycles. The van der Waals surface area contributed by atoms with Gasteiger partial charge in [-0.15, -0.1) is 0 Å². The van der Waals surface area contributed by atoms with Crippen LogP contribution < -0.4 is 0 Å². The van der Waals surface area contributed by atoms with E-state index in [9.17, 15) is 4.79 Å². The van der Waals surface area contributed by atoms with E-state index < -0.39 is 0 Å². The predicted molar refractivity (Wildman–Crippen MR) is 59.3 cm³/mol. The van der Waals surface area contributed by atoms with Crippen LogP contribution in [0.15, 0.2) is 0 Å². The van der Waals surface area contributed by atoms with Gasteiger partial charge in [0.2, 0.25) is 0 Å². The van der Waals surface area contributed by atoms with E-state index in [1.165, 1.54) is 0 Å². The molecule has 1 rings (SSSR count). The highest BCUT2D eigenvalue weighted by Gasteiger charge is 2.24. The fourth-order valence-corrected chi connectivity index (χ4v) is 1.82. The molecule has 5 heteroatoms. The molecule has 0 aromatic rings. The summed E-state index contributed by atoms with van der Waals surface area (Å²) in [6.07, 6.45) is 0.516. The Balaban J connectivity index is 2.36. The van der Waals surface area contributed by atoms with Gasteiger partial charge < -0.3 is 14.6 Å². The predicted octanol–water partition coefficient (Wildman–Crippen LogP) is -0.467. The van der Waals surface area contributed by atoms with Crippen molar-refractivity contribution in [2.45, 2.75) is 6.42 Å². The molecule has 1 atom stereocenters. The van der Waals surface area contributed by atoms with Crippen LogP contribution in [-0.4, -0.2) is 69.0 Å². The lowest BCUT2D eigenvalue weighted by molar-refractivity contribution is -0.131. The van der Waals surface area contributed by atoms with Crippen LogP contribution in [0, 0.1) is 5.92 Å². The van der Waals surface area contributed by atoms with E-state index in [0.29, 0.717) is 39.3 Å². The molecule has 94 valence electrons. The van der Waals surface area contributed by atoms with Gasteiger partial charge in [0.05, 0.1) is 32.3 Å². The number of methoxy groups -OCH3 is 1. The van der Waals surface area contributed by atoms with E-state index in [1.54, 1.807) is 7.11 Å². The number of rotatable bonds is 7. The van der Waals surface area contributed by atoms with Crippen molar-refractivity contribution >= 4 is 5.78 Å². The molecule has 0 aromatic carbocycles. The minimum absolute atomic E-state index is 0.0443. The third kappa shape index (κ3) is 4.57. The van der Waals surface area contributed by atoms with Gasteiger partial charge in [0.15, 0.2) is 0 Å². The van der Waals surface area contributed by atoms with Gasteiger partial charge in [-0.05, 0) is 0 Å². The molecule has 0 aliphatic carbocycles. The maximum Gasteiger partial charge on any atom is 0.141 e. The average molecular weight is 231 g/mol. The van der Waals surface area contributed by atoms with Crippen LogP contribution >= 0.6 is 0 Å². The van der Waals surface area contributed by atoms with Crippen LogP contribution in [0.4, 0.5) is 0 Å². The van der Waals surface area contributed by atoms with Crippen LogP contribution in [-0.2, 0) is 14.3 Å². The number of carbonyl (C=O) groups excluding carboxylic acids is 1. The molecule has 1 fully saturated rings. The molecule has 5 nitrogen and oxygen atoms in total. The van der Waals surface area contributed by atoms with Gasteiger partial charge in [0.25, 0.3) is 0 Å². The topological polar surface area (TPSA) is 59.0 Å². The largest absolute Gasteiger partial charge is 0.395 e. The zero-order chi connectivity index (χ0) is 11.8. The Hall–Kier alpha value is -0.490. The molecule has 0 spiro atoms. The molecule has 1 saturated heterocycles. The number of hydrogen-bond acceptors (Lipinski definition) is 5. The van der Waals surface area contributed by atoms with E-state index >= 15 is 0 Å². The number of aliphatic hydroxyl groups excluding tert-OH is 1. The van der Waals surface area contributed by atoms with Crippen molar-refractivity contribution in [1.29, 1.82) is 0 Å². The molecular weight excluding hydrogens is 210 g/mol. The zero-order valence-electron chi connectivity index (χ0n) is 9.85. The lowest BCUT2D eigenvalue weighted by atomic mass is 10.00. The standard InChI is InChI=1S/C11H21NO4/c1-15-7-4-12(3-5-13)8-10-9-16-6-2-11(10)14/h10,13H,2-9H2,1H3. The molecule has 1 N–H and O–H groups in total. The van der Waals surface area contributed by atoms with Crippen LogP contribution in [0.5, 0.6) is 0 Å². The van der Waals surface area contributed by atoms with Gasteiger partial charge in [0.1, 0.15) is 5.78 Å². The molecule has 0 bridgehead atoms. The van der Waals surface area contributed by atoms with E-state index in [-0.39, 0.29) is 18.3 Å². The van der Waals surface area contributed by atoms with Crippen LogP contribution in [0.1, 0.15) is 6.42 Å². The van der Waals surface area contributed by atoms with E-state index in [4.69, 9.17) is 14.6 Å². The fraction of sp³-hybridized carbons (Fsp3) is 0.909. The highest BCUT2D eigenvalue weighted by Crippen LogP contribution is 2.11. The monoisotopic (exact) mass is 231 g/mol. The van der Waals surface area contributed by atoms with Gasteiger partial charge in [-0.2, -0.15) is 0 Å². The number of aliphatic hydroxyl groups is 1. The van der Waals surface area contributed by atoms with E-state index in [0.717, 1.165) is 6.54 Å². The third-order valence-corrected chi connectivity index (χ3v) is 2.77. The summed E-state index contributed by atoms with van der Waals surface area (Å²) in [5.74, 6) is 0.226. The SMILES string of the molecule is COCCN(CCO)CC1COCCC1=O. The first-order chi connectivity index (χ1) is 7.77. The second-order valence-electron chi connectivity index (χ2n) is 4.01. The highest BCUT2D eigenvalue weighted by atomic mass is 16.5. The summed E-state index contributed by atoms with van der Waals surface area (Å²) >= 11 is 0. The van der Waals surface area contributed by atoms with Crippen molar-refractivity contribution in [3.63, 3.8) is 0 Å². The summed E-state index contributed by atoms with van der Waals surface area (Å²) in [7, 11) is 1.64. The van der Waals surface area contributed by atoms with Crippen molar-refractivity contribution in [1.82, 2.24) is 4.90 Å². The number of nitrogens with zero attached hydrogens (tertiary/aromatic N) is 1. The third-order valence-electron chi connectivity index (χ3n) is 2.77. The Morgan fingerprint density at radius 1 is 1.56 bits per heavy atom. The molecule has 0 aromatic heterocycles. The molecule has 1 unspecified atom stereocenters. The van der Waals surface area contributed by atoms with E-state index in [2.05, 4.69) is 0 Å². The fourth-order valence-electron chi connectivity index (χ4n) is 1.82. The summed E-state index contributed by atoms with van der Waals surface area (Å²) in [4.78, 5) is 13.6. The second kappa shape index (κ2) is 7.73. The summed E-state index contributed by atoms with van der Waals surface area (Å²) < 4.78 is 10.3. The minimum atomic E-state index is -0.0443. The summed E-state index contributed by atoms with van der Waals surface area (Å²) in [5.41, 5.74) is 0. The second-order valence-corrected chi connectivity index (χ2v) is 4.01. The number of Topliss-reactive ketones (excluding diaryl/α,β-unsaturated/α-hetero) is 1. The lowest BCUT2D eigenvalue weighted by Gasteiger charge is -2.28. The number of ether oxygens (including phenoxy) is 2. The summed E-state index contributed by atoms with van der Waals surface area (Å²) in [6.45, 7) is 3.74. The van der Waals surface area contributed by atoms with Gasteiger partial charge >= 0.3 is 0 Å². The van der Waals surface area contributed by atoms with E-state index in [1.807, 2.05) is 4.90 Å². The highest BCUT2D eigenvalue weighted by molar-refractivity contribution is 5.82. The van der Waals surface area contributed by atoms with Crippen molar-refractivity contribution in [3.05, 3.63) is 0 Å². The van der Waals surface area contributed by atoms with Crippen LogP contribution in [0.25, 0.3) is 0 Å². The Bertz CT molecular complexity index is 210.